The lowest BCUT2D eigenvalue weighted by molar-refractivity contribution is 0.673. The Morgan fingerprint density at radius 2 is 0.877 bits per heavy atom. The first kappa shape index (κ1) is 33.2. The molecule has 0 spiro atoms. The Morgan fingerprint density at radius 3 is 1.60 bits per heavy atom. The molecule has 2 heterocycles. The van der Waals surface area contributed by atoms with Crippen LogP contribution in [-0.2, 0) is 0 Å². The second-order valence-electron chi connectivity index (χ2n) is 14.5. The highest BCUT2D eigenvalue weighted by Crippen LogP contribution is 2.46. The molecule has 0 unspecified atom stereocenters. The van der Waals surface area contributed by atoms with E-state index in [1.165, 1.54) is 59.1 Å². The largest absolute Gasteiger partial charge is 0.455 e. The number of para-hydroxylation sites is 1. The van der Waals surface area contributed by atoms with Crippen molar-refractivity contribution in [3.8, 4) is 44.5 Å². The van der Waals surface area contributed by atoms with E-state index in [-0.39, 0.29) is 0 Å². The van der Waals surface area contributed by atoms with Crippen LogP contribution in [0.2, 0.25) is 0 Å². The number of anilines is 3. The molecule has 0 aliphatic rings. The average Bonchev–Trinajstić information content (AvgIpc) is 3.87. The van der Waals surface area contributed by atoms with Gasteiger partial charge in [0.25, 0.3) is 0 Å². The predicted molar refractivity (Wildman–Crippen MR) is 243 cm³/mol. The van der Waals surface area contributed by atoms with E-state index in [4.69, 9.17) is 4.42 Å². The normalized spacial score (nSPS) is 11.5. The van der Waals surface area contributed by atoms with Gasteiger partial charge in [-0.05, 0) is 111 Å². The van der Waals surface area contributed by atoms with Crippen molar-refractivity contribution in [3.63, 3.8) is 0 Å². The van der Waals surface area contributed by atoms with Crippen molar-refractivity contribution < 1.29 is 4.42 Å². The fraction of sp³-hybridized carbons (Fsp3) is 0. The number of furan rings is 1. The summed E-state index contributed by atoms with van der Waals surface area (Å²) < 4.78 is 9.09. The molecule has 0 radical (unpaired) electrons. The lowest BCUT2D eigenvalue weighted by atomic mass is 9.97. The third-order valence-electron chi connectivity index (χ3n) is 11.1. The van der Waals surface area contributed by atoms with Gasteiger partial charge in [0.1, 0.15) is 11.2 Å². The summed E-state index contributed by atoms with van der Waals surface area (Å²) in [7, 11) is 0. The number of hydrogen-bond acceptors (Lipinski definition) is 3. The molecule has 0 saturated carbocycles. The topological polar surface area (TPSA) is 16.4 Å². The first-order valence-corrected chi connectivity index (χ1v) is 20.1. The van der Waals surface area contributed by atoms with Gasteiger partial charge in [-0.15, -0.1) is 11.3 Å². The van der Waals surface area contributed by atoms with E-state index in [1.807, 2.05) is 17.4 Å². The summed E-state index contributed by atoms with van der Waals surface area (Å²) in [6.45, 7) is 0. The first-order valence-electron chi connectivity index (χ1n) is 19.3. The van der Waals surface area contributed by atoms with Crippen LogP contribution in [0, 0.1) is 0 Å². The quantitative estimate of drug-likeness (QED) is 0.162. The highest BCUT2D eigenvalue weighted by Gasteiger charge is 2.19. The number of benzene rings is 9. The predicted octanol–water partition coefficient (Wildman–Crippen LogP) is 16.1. The minimum atomic E-state index is 0.919. The summed E-state index contributed by atoms with van der Waals surface area (Å²) >= 11 is 1.83. The maximum atomic E-state index is 6.61. The SMILES string of the molecule is c1ccc(-c2ccc(N(c3ccc(-c4cccc(-c5ccccc5)c4)cc3)c3cccc(-c4cccc5sc6ccc7c8ccccc8oc7c6c45)c3)cc2)cc1. The Bertz CT molecular complexity index is 3210. The smallest absolute Gasteiger partial charge is 0.144 e. The van der Waals surface area contributed by atoms with E-state index in [0.717, 1.165) is 44.6 Å². The Labute approximate surface area is 335 Å². The van der Waals surface area contributed by atoms with E-state index in [0.29, 0.717) is 0 Å². The molecular formula is C54H35NOS. The molecule has 57 heavy (non-hydrogen) atoms. The number of nitrogens with zero attached hydrogens (tertiary/aromatic N) is 1. The highest BCUT2D eigenvalue weighted by atomic mass is 32.1. The zero-order valence-electron chi connectivity index (χ0n) is 31.0. The molecule has 268 valence electrons. The van der Waals surface area contributed by atoms with Crippen molar-refractivity contribution in [2.24, 2.45) is 0 Å². The van der Waals surface area contributed by atoms with E-state index >= 15 is 0 Å². The maximum absolute atomic E-state index is 6.61. The van der Waals surface area contributed by atoms with E-state index in [9.17, 15) is 0 Å². The molecule has 0 aliphatic heterocycles. The van der Waals surface area contributed by atoms with Gasteiger partial charge in [-0.3, -0.25) is 0 Å². The van der Waals surface area contributed by atoms with Crippen molar-refractivity contribution in [1.29, 1.82) is 0 Å². The van der Waals surface area contributed by atoms with Crippen molar-refractivity contribution in [1.82, 2.24) is 0 Å². The zero-order chi connectivity index (χ0) is 37.7. The molecule has 0 aliphatic carbocycles. The molecule has 9 aromatic carbocycles. The molecule has 0 amide bonds. The van der Waals surface area contributed by atoms with Gasteiger partial charge in [0.15, 0.2) is 0 Å². The summed E-state index contributed by atoms with van der Waals surface area (Å²) in [5, 5.41) is 4.73. The van der Waals surface area contributed by atoms with Crippen LogP contribution >= 0.6 is 11.3 Å². The second kappa shape index (κ2) is 13.8. The molecule has 11 rings (SSSR count). The van der Waals surface area contributed by atoms with Gasteiger partial charge in [-0.2, -0.15) is 0 Å². The zero-order valence-corrected chi connectivity index (χ0v) is 31.8. The fourth-order valence-electron chi connectivity index (χ4n) is 8.33. The van der Waals surface area contributed by atoms with Crippen molar-refractivity contribution in [2.45, 2.75) is 0 Å². The molecule has 0 bridgehead atoms. The van der Waals surface area contributed by atoms with E-state index in [2.05, 4.69) is 211 Å². The lowest BCUT2D eigenvalue weighted by Gasteiger charge is -2.26. The molecule has 0 atom stereocenters. The van der Waals surface area contributed by atoms with Gasteiger partial charge in [0.05, 0.1) is 0 Å². The minimum Gasteiger partial charge on any atom is -0.455 e. The first-order chi connectivity index (χ1) is 28.2. The summed E-state index contributed by atoms with van der Waals surface area (Å²) in [5.74, 6) is 0. The van der Waals surface area contributed by atoms with Crippen LogP contribution in [0.1, 0.15) is 0 Å². The van der Waals surface area contributed by atoms with Crippen molar-refractivity contribution in [3.05, 3.63) is 212 Å². The van der Waals surface area contributed by atoms with Crippen LogP contribution < -0.4 is 4.90 Å². The molecule has 0 saturated heterocycles. The van der Waals surface area contributed by atoms with Crippen LogP contribution in [0.3, 0.4) is 0 Å². The molecule has 0 N–H and O–H groups in total. The van der Waals surface area contributed by atoms with Crippen LogP contribution in [0.4, 0.5) is 17.1 Å². The van der Waals surface area contributed by atoms with Gasteiger partial charge in [0.2, 0.25) is 0 Å². The number of fused-ring (bicyclic) bond motifs is 7. The van der Waals surface area contributed by atoms with Crippen LogP contribution in [-0.4, -0.2) is 0 Å². The summed E-state index contributed by atoms with van der Waals surface area (Å²) in [5.41, 5.74) is 14.7. The Hall–Kier alpha value is -7.20. The van der Waals surface area contributed by atoms with Gasteiger partial charge in [-0.1, -0.05) is 146 Å². The van der Waals surface area contributed by atoms with Gasteiger partial charge in [-0.25, -0.2) is 0 Å². The van der Waals surface area contributed by atoms with Crippen LogP contribution in [0.25, 0.3) is 86.6 Å². The monoisotopic (exact) mass is 745 g/mol. The number of thiophene rings is 1. The summed E-state index contributed by atoms with van der Waals surface area (Å²) in [4.78, 5) is 2.37. The standard InChI is InChI=1S/C54H35NOS/c1-3-12-36(13-4-1)38-24-28-43(29-25-38)55(44-30-26-39(27-31-44)41-17-9-16-40(34-41)37-14-5-2-6-15-37)45-19-10-18-42(35-45)46-21-11-23-50-52(46)53-51(57-50)33-32-48-47-20-7-8-22-49(47)56-54(48)53/h1-35H. The van der Waals surface area contributed by atoms with Gasteiger partial charge in [0, 0.05) is 48.0 Å². The molecule has 2 aromatic heterocycles. The summed E-state index contributed by atoms with van der Waals surface area (Å²) in [6.07, 6.45) is 0. The average molecular weight is 746 g/mol. The third kappa shape index (κ3) is 5.88. The molecule has 0 fully saturated rings. The van der Waals surface area contributed by atoms with E-state index < -0.39 is 0 Å². The second-order valence-corrected chi connectivity index (χ2v) is 15.6. The van der Waals surface area contributed by atoms with Crippen molar-refractivity contribution in [2.75, 3.05) is 4.90 Å². The molecule has 3 heteroatoms. The third-order valence-corrected chi connectivity index (χ3v) is 12.2. The van der Waals surface area contributed by atoms with E-state index in [1.54, 1.807) is 0 Å². The summed E-state index contributed by atoms with van der Waals surface area (Å²) in [6, 6.07) is 76.3. The van der Waals surface area contributed by atoms with Crippen LogP contribution in [0.15, 0.2) is 217 Å². The Kier molecular flexibility index (Phi) is 8.04. The van der Waals surface area contributed by atoms with Crippen molar-refractivity contribution >= 4 is 70.5 Å². The lowest BCUT2D eigenvalue weighted by Crippen LogP contribution is -2.10. The molecular weight excluding hydrogens is 711 g/mol. The van der Waals surface area contributed by atoms with Crippen LogP contribution in [0.5, 0.6) is 0 Å². The van der Waals surface area contributed by atoms with Gasteiger partial charge < -0.3 is 9.32 Å². The highest BCUT2D eigenvalue weighted by molar-refractivity contribution is 7.26. The Balaban J connectivity index is 1.04. The fourth-order valence-corrected chi connectivity index (χ4v) is 9.46. The maximum Gasteiger partial charge on any atom is 0.144 e. The molecule has 2 nitrogen and oxygen atoms in total. The van der Waals surface area contributed by atoms with Gasteiger partial charge >= 0.3 is 0 Å². The Morgan fingerprint density at radius 1 is 0.333 bits per heavy atom. The number of hydrogen-bond donors (Lipinski definition) is 0. The minimum absolute atomic E-state index is 0.919. The molecule has 11 aromatic rings. The number of rotatable bonds is 7.